The van der Waals surface area contributed by atoms with E-state index in [4.69, 9.17) is 0 Å². The zero-order valence-electron chi connectivity index (χ0n) is 11.9. The molecule has 1 fully saturated rings. The van der Waals surface area contributed by atoms with Gasteiger partial charge in [-0.25, -0.2) is 4.98 Å². The molecule has 1 N–H and O–H groups in total. The van der Waals surface area contributed by atoms with Crippen molar-refractivity contribution in [3.63, 3.8) is 0 Å². The molecule has 1 atom stereocenters. The van der Waals surface area contributed by atoms with E-state index in [1.165, 1.54) is 43.7 Å². The molecule has 0 saturated carbocycles. The Hall–Kier alpha value is -1.55. The standard InChI is InChI=1S/C16H21N3S/c1-13(15-11-20-12-17-15)18-14-7-3-4-8-16(14)19-9-5-2-6-10-19/h3-4,7-8,11-13,18H,2,5-6,9-10H2,1H3. The molecule has 0 amide bonds. The van der Waals surface area contributed by atoms with Crippen LogP contribution in [-0.4, -0.2) is 18.1 Å². The van der Waals surface area contributed by atoms with E-state index in [0.717, 1.165) is 5.69 Å². The van der Waals surface area contributed by atoms with Gasteiger partial charge in [0.15, 0.2) is 0 Å². The number of piperidine rings is 1. The Labute approximate surface area is 124 Å². The molecule has 3 nitrogen and oxygen atoms in total. The van der Waals surface area contributed by atoms with Crippen LogP contribution in [0.1, 0.15) is 37.9 Å². The Kier molecular flexibility index (Phi) is 4.21. The zero-order chi connectivity index (χ0) is 13.8. The van der Waals surface area contributed by atoms with Crippen LogP contribution in [0.15, 0.2) is 35.2 Å². The highest BCUT2D eigenvalue weighted by atomic mass is 32.1. The molecule has 1 aliphatic heterocycles. The summed E-state index contributed by atoms with van der Waals surface area (Å²) in [5.41, 5.74) is 5.55. The molecule has 4 heteroatoms. The molecule has 0 spiro atoms. The van der Waals surface area contributed by atoms with Crippen molar-refractivity contribution in [2.75, 3.05) is 23.3 Å². The van der Waals surface area contributed by atoms with E-state index in [1.54, 1.807) is 11.3 Å². The van der Waals surface area contributed by atoms with Gasteiger partial charge in [0.25, 0.3) is 0 Å². The quantitative estimate of drug-likeness (QED) is 0.908. The molecule has 0 aliphatic carbocycles. The molecule has 1 aromatic carbocycles. The van der Waals surface area contributed by atoms with Gasteiger partial charge in [0, 0.05) is 18.5 Å². The van der Waals surface area contributed by atoms with E-state index in [9.17, 15) is 0 Å². The van der Waals surface area contributed by atoms with Crippen molar-refractivity contribution in [3.8, 4) is 0 Å². The van der Waals surface area contributed by atoms with Crippen LogP contribution in [-0.2, 0) is 0 Å². The summed E-state index contributed by atoms with van der Waals surface area (Å²) in [7, 11) is 0. The summed E-state index contributed by atoms with van der Waals surface area (Å²) in [5, 5.41) is 5.72. The largest absolute Gasteiger partial charge is 0.375 e. The van der Waals surface area contributed by atoms with Crippen LogP contribution in [0.3, 0.4) is 0 Å². The summed E-state index contributed by atoms with van der Waals surface area (Å²) in [5.74, 6) is 0. The van der Waals surface area contributed by atoms with Gasteiger partial charge in [-0.15, -0.1) is 11.3 Å². The number of nitrogens with zero attached hydrogens (tertiary/aromatic N) is 2. The fourth-order valence-electron chi connectivity index (χ4n) is 2.75. The van der Waals surface area contributed by atoms with Gasteiger partial charge in [-0.1, -0.05) is 12.1 Å². The van der Waals surface area contributed by atoms with E-state index in [1.807, 2.05) is 5.51 Å². The lowest BCUT2D eigenvalue weighted by molar-refractivity contribution is 0.578. The number of hydrogen-bond donors (Lipinski definition) is 1. The summed E-state index contributed by atoms with van der Waals surface area (Å²) < 4.78 is 0. The second kappa shape index (κ2) is 6.27. The smallest absolute Gasteiger partial charge is 0.0795 e. The monoisotopic (exact) mass is 287 g/mol. The molecule has 0 radical (unpaired) electrons. The molecule has 1 aliphatic rings. The Morgan fingerprint density at radius 3 is 2.75 bits per heavy atom. The lowest BCUT2D eigenvalue weighted by Crippen LogP contribution is -2.30. The molecule has 2 heterocycles. The van der Waals surface area contributed by atoms with Gasteiger partial charge < -0.3 is 10.2 Å². The van der Waals surface area contributed by atoms with Crippen molar-refractivity contribution in [1.29, 1.82) is 0 Å². The van der Waals surface area contributed by atoms with Gasteiger partial charge >= 0.3 is 0 Å². The minimum absolute atomic E-state index is 0.243. The second-order valence-corrected chi connectivity index (χ2v) is 6.06. The Balaban J connectivity index is 1.78. The minimum atomic E-state index is 0.243. The fraction of sp³-hybridized carbons (Fsp3) is 0.438. The number of aromatic nitrogens is 1. The maximum absolute atomic E-state index is 4.40. The lowest BCUT2D eigenvalue weighted by Gasteiger charge is -2.31. The number of nitrogens with one attached hydrogen (secondary N) is 1. The van der Waals surface area contributed by atoms with Crippen LogP contribution in [0.25, 0.3) is 0 Å². The average molecular weight is 287 g/mol. The van der Waals surface area contributed by atoms with Gasteiger partial charge in [0.05, 0.1) is 28.6 Å². The predicted octanol–water partition coefficient (Wildman–Crippen LogP) is 4.31. The van der Waals surface area contributed by atoms with Crippen LogP contribution in [0.2, 0.25) is 0 Å². The van der Waals surface area contributed by atoms with Crippen molar-refractivity contribution < 1.29 is 0 Å². The van der Waals surface area contributed by atoms with Gasteiger partial charge in [-0.05, 0) is 38.3 Å². The van der Waals surface area contributed by atoms with Crippen LogP contribution in [0, 0.1) is 0 Å². The van der Waals surface area contributed by atoms with Crippen LogP contribution in [0.4, 0.5) is 11.4 Å². The van der Waals surface area contributed by atoms with E-state index >= 15 is 0 Å². The summed E-state index contributed by atoms with van der Waals surface area (Å²) in [6.07, 6.45) is 3.97. The number of anilines is 2. The van der Waals surface area contributed by atoms with Crippen molar-refractivity contribution >= 4 is 22.7 Å². The highest BCUT2D eigenvalue weighted by Gasteiger charge is 2.16. The number of hydrogen-bond acceptors (Lipinski definition) is 4. The third kappa shape index (κ3) is 2.96. The molecule has 1 saturated heterocycles. The minimum Gasteiger partial charge on any atom is -0.375 e. The molecule has 1 unspecified atom stereocenters. The summed E-state index contributed by atoms with van der Waals surface area (Å²) in [6.45, 7) is 4.51. The number of rotatable bonds is 4. The van der Waals surface area contributed by atoms with Crippen LogP contribution < -0.4 is 10.2 Å². The van der Waals surface area contributed by atoms with Gasteiger partial charge in [-0.2, -0.15) is 0 Å². The maximum atomic E-state index is 4.40. The number of benzene rings is 1. The van der Waals surface area contributed by atoms with E-state index in [2.05, 4.69) is 51.8 Å². The van der Waals surface area contributed by atoms with Crippen LogP contribution in [0.5, 0.6) is 0 Å². The normalized spacial score (nSPS) is 16.9. The first-order chi connectivity index (χ1) is 9.84. The molecule has 1 aromatic heterocycles. The summed E-state index contributed by atoms with van der Waals surface area (Å²) in [4.78, 5) is 6.90. The molecule has 106 valence electrons. The molecular weight excluding hydrogens is 266 g/mol. The lowest BCUT2D eigenvalue weighted by atomic mass is 10.1. The Morgan fingerprint density at radius 1 is 1.20 bits per heavy atom. The first kappa shape index (κ1) is 13.4. The molecule has 3 rings (SSSR count). The van der Waals surface area contributed by atoms with E-state index < -0.39 is 0 Å². The third-order valence-corrected chi connectivity index (χ3v) is 4.47. The summed E-state index contributed by atoms with van der Waals surface area (Å²) >= 11 is 1.65. The molecular formula is C16H21N3S. The van der Waals surface area contributed by atoms with Crippen molar-refractivity contribution in [1.82, 2.24) is 4.98 Å². The molecule has 0 bridgehead atoms. The Bertz CT molecular complexity index is 532. The Morgan fingerprint density at radius 2 is 2.00 bits per heavy atom. The van der Waals surface area contributed by atoms with Gasteiger partial charge in [0.1, 0.15) is 0 Å². The van der Waals surface area contributed by atoms with E-state index in [0.29, 0.717) is 0 Å². The van der Waals surface area contributed by atoms with Crippen molar-refractivity contribution in [2.45, 2.75) is 32.2 Å². The number of thiazole rings is 1. The zero-order valence-corrected chi connectivity index (χ0v) is 12.7. The second-order valence-electron chi connectivity index (χ2n) is 5.34. The molecule has 2 aromatic rings. The third-order valence-electron chi connectivity index (χ3n) is 3.87. The van der Waals surface area contributed by atoms with Gasteiger partial charge in [-0.3, -0.25) is 0 Å². The highest BCUT2D eigenvalue weighted by molar-refractivity contribution is 7.07. The van der Waals surface area contributed by atoms with Crippen molar-refractivity contribution in [2.24, 2.45) is 0 Å². The summed E-state index contributed by atoms with van der Waals surface area (Å²) in [6, 6.07) is 8.87. The fourth-order valence-corrected chi connectivity index (χ4v) is 3.40. The van der Waals surface area contributed by atoms with E-state index in [-0.39, 0.29) is 6.04 Å². The number of para-hydroxylation sites is 2. The SMILES string of the molecule is CC(Nc1ccccc1N1CCCCC1)c1cscn1. The highest BCUT2D eigenvalue weighted by Crippen LogP contribution is 2.30. The maximum Gasteiger partial charge on any atom is 0.0795 e. The van der Waals surface area contributed by atoms with Gasteiger partial charge in [0.2, 0.25) is 0 Å². The first-order valence-electron chi connectivity index (χ1n) is 7.33. The average Bonchev–Trinajstić information content (AvgIpc) is 3.03. The van der Waals surface area contributed by atoms with Crippen LogP contribution >= 0.6 is 11.3 Å². The molecule has 20 heavy (non-hydrogen) atoms. The topological polar surface area (TPSA) is 28.2 Å². The van der Waals surface area contributed by atoms with Crippen molar-refractivity contribution in [3.05, 3.63) is 40.8 Å². The first-order valence-corrected chi connectivity index (χ1v) is 8.27. The predicted molar refractivity (Wildman–Crippen MR) is 86.7 cm³/mol.